The van der Waals surface area contributed by atoms with E-state index < -0.39 is 10.0 Å². The average Bonchev–Trinajstić information content (AvgIpc) is 3.04. The maximum atomic E-state index is 12.3. The van der Waals surface area contributed by atoms with E-state index in [2.05, 4.69) is 14.9 Å². The first-order valence-electron chi connectivity index (χ1n) is 7.60. The van der Waals surface area contributed by atoms with Gasteiger partial charge in [0.25, 0.3) is 0 Å². The molecule has 0 spiro atoms. The third-order valence-electron chi connectivity index (χ3n) is 3.60. The first kappa shape index (κ1) is 17.6. The van der Waals surface area contributed by atoms with Crippen molar-refractivity contribution < 1.29 is 12.8 Å². The highest BCUT2D eigenvalue weighted by atomic mass is 35.5. The molecular weight excluding hydrogens is 362 g/mol. The Bertz CT molecular complexity index is 986. The summed E-state index contributed by atoms with van der Waals surface area (Å²) in [6.45, 7) is 2.08. The second kappa shape index (κ2) is 7.35. The van der Waals surface area contributed by atoms with Crippen molar-refractivity contribution in [1.29, 1.82) is 0 Å². The van der Waals surface area contributed by atoms with Crippen LogP contribution in [0.15, 0.2) is 57.8 Å². The molecule has 2 aromatic carbocycles. The molecule has 6 nitrogen and oxygen atoms in total. The molecule has 0 fully saturated rings. The third kappa shape index (κ3) is 4.07. The van der Waals surface area contributed by atoms with Crippen LogP contribution in [0.4, 0.5) is 0 Å². The Morgan fingerprint density at radius 1 is 1.08 bits per heavy atom. The van der Waals surface area contributed by atoms with E-state index in [4.69, 9.17) is 16.0 Å². The fraction of sp³-hybridized carbons (Fsp3) is 0.176. The lowest BCUT2D eigenvalue weighted by Crippen LogP contribution is -2.26. The third-order valence-corrected chi connectivity index (χ3v) is 5.56. The molecule has 0 unspecified atom stereocenters. The maximum Gasteiger partial charge on any atom is 0.247 e. The van der Waals surface area contributed by atoms with E-state index in [0.717, 1.165) is 11.1 Å². The van der Waals surface area contributed by atoms with Gasteiger partial charge in [-0.1, -0.05) is 41.9 Å². The molecule has 1 heterocycles. The highest BCUT2D eigenvalue weighted by Crippen LogP contribution is 2.22. The van der Waals surface area contributed by atoms with Crippen LogP contribution in [0.3, 0.4) is 0 Å². The SMILES string of the molecule is Cc1ccccc1-c1nnc(CCNS(=O)(=O)c2ccccc2Cl)o1. The summed E-state index contributed by atoms with van der Waals surface area (Å²) in [5.41, 5.74) is 1.88. The van der Waals surface area contributed by atoms with Crippen LogP contribution < -0.4 is 4.72 Å². The highest BCUT2D eigenvalue weighted by Gasteiger charge is 2.17. The van der Waals surface area contributed by atoms with Gasteiger partial charge in [0.15, 0.2) is 0 Å². The van der Waals surface area contributed by atoms with E-state index in [-0.39, 0.29) is 22.9 Å². The van der Waals surface area contributed by atoms with E-state index in [9.17, 15) is 8.42 Å². The van der Waals surface area contributed by atoms with Crippen molar-refractivity contribution in [3.8, 4) is 11.5 Å². The molecule has 0 radical (unpaired) electrons. The number of hydrogen-bond donors (Lipinski definition) is 1. The van der Waals surface area contributed by atoms with Crippen molar-refractivity contribution in [3.05, 3.63) is 65.0 Å². The Morgan fingerprint density at radius 2 is 1.80 bits per heavy atom. The van der Waals surface area contributed by atoms with Gasteiger partial charge in [-0.05, 0) is 30.7 Å². The second-order valence-electron chi connectivity index (χ2n) is 5.39. The number of rotatable bonds is 6. The van der Waals surface area contributed by atoms with Crippen molar-refractivity contribution in [3.63, 3.8) is 0 Å². The van der Waals surface area contributed by atoms with E-state index in [1.54, 1.807) is 12.1 Å². The van der Waals surface area contributed by atoms with Crippen LogP contribution in [0.1, 0.15) is 11.5 Å². The van der Waals surface area contributed by atoms with Gasteiger partial charge < -0.3 is 4.42 Å². The minimum Gasteiger partial charge on any atom is -0.421 e. The Morgan fingerprint density at radius 3 is 2.56 bits per heavy atom. The normalized spacial score (nSPS) is 11.6. The lowest BCUT2D eigenvalue weighted by Gasteiger charge is -2.06. The Hall–Kier alpha value is -2.22. The first-order valence-corrected chi connectivity index (χ1v) is 9.46. The lowest BCUT2D eigenvalue weighted by molar-refractivity contribution is 0.501. The Balaban J connectivity index is 1.65. The molecule has 0 amide bonds. The summed E-state index contributed by atoms with van der Waals surface area (Å²) in [5, 5.41) is 8.16. The molecule has 0 bridgehead atoms. The molecule has 0 saturated carbocycles. The summed E-state index contributed by atoms with van der Waals surface area (Å²) in [6.07, 6.45) is 0.280. The van der Waals surface area contributed by atoms with Gasteiger partial charge in [0.1, 0.15) is 4.90 Å². The fourth-order valence-electron chi connectivity index (χ4n) is 2.31. The Kier molecular flexibility index (Phi) is 5.17. The van der Waals surface area contributed by atoms with Crippen molar-refractivity contribution in [1.82, 2.24) is 14.9 Å². The van der Waals surface area contributed by atoms with Gasteiger partial charge in [0.05, 0.1) is 5.02 Å². The predicted molar refractivity (Wildman–Crippen MR) is 94.8 cm³/mol. The van der Waals surface area contributed by atoms with E-state index >= 15 is 0 Å². The predicted octanol–water partition coefficient (Wildman–Crippen LogP) is 3.22. The zero-order chi connectivity index (χ0) is 17.9. The van der Waals surface area contributed by atoms with Gasteiger partial charge in [-0.15, -0.1) is 10.2 Å². The molecule has 25 heavy (non-hydrogen) atoms. The van der Waals surface area contributed by atoms with Crippen LogP contribution in [0.5, 0.6) is 0 Å². The van der Waals surface area contributed by atoms with Crippen molar-refractivity contribution in [2.24, 2.45) is 0 Å². The molecule has 1 aromatic heterocycles. The second-order valence-corrected chi connectivity index (χ2v) is 7.54. The molecule has 1 N–H and O–H groups in total. The zero-order valence-corrected chi connectivity index (χ0v) is 15.0. The Labute approximate surface area is 150 Å². The van der Waals surface area contributed by atoms with Gasteiger partial charge >= 0.3 is 0 Å². The molecule has 3 rings (SSSR count). The van der Waals surface area contributed by atoms with Gasteiger partial charge in [0.2, 0.25) is 21.8 Å². The number of aromatic nitrogens is 2. The summed E-state index contributed by atoms with van der Waals surface area (Å²) in [4.78, 5) is 0.0443. The lowest BCUT2D eigenvalue weighted by atomic mass is 10.1. The molecule has 0 aliphatic carbocycles. The average molecular weight is 378 g/mol. The summed E-state index contributed by atoms with van der Waals surface area (Å²) in [7, 11) is -3.68. The molecule has 0 aliphatic rings. The molecule has 0 atom stereocenters. The van der Waals surface area contributed by atoms with Gasteiger partial charge in [-0.3, -0.25) is 0 Å². The summed E-state index contributed by atoms with van der Waals surface area (Å²) >= 11 is 5.93. The van der Waals surface area contributed by atoms with Gasteiger partial charge in [-0.25, -0.2) is 13.1 Å². The maximum absolute atomic E-state index is 12.3. The first-order chi connectivity index (χ1) is 12.0. The minimum atomic E-state index is -3.68. The van der Waals surface area contributed by atoms with Crippen LogP contribution in [0.2, 0.25) is 5.02 Å². The summed E-state index contributed by atoms with van der Waals surface area (Å²) in [6, 6.07) is 13.9. The monoisotopic (exact) mass is 377 g/mol. The van der Waals surface area contributed by atoms with Crippen LogP contribution in [-0.4, -0.2) is 25.2 Å². The van der Waals surface area contributed by atoms with E-state index in [1.165, 1.54) is 12.1 Å². The quantitative estimate of drug-likeness (QED) is 0.712. The van der Waals surface area contributed by atoms with Gasteiger partial charge in [-0.2, -0.15) is 0 Å². The van der Waals surface area contributed by atoms with Crippen molar-refractivity contribution >= 4 is 21.6 Å². The number of aryl methyl sites for hydroxylation is 1. The molecule has 8 heteroatoms. The molecule has 0 aliphatic heterocycles. The fourth-order valence-corrected chi connectivity index (χ4v) is 3.86. The topological polar surface area (TPSA) is 85.1 Å². The molecule has 3 aromatic rings. The number of benzene rings is 2. The van der Waals surface area contributed by atoms with Gasteiger partial charge in [0, 0.05) is 18.5 Å². The number of halogens is 1. The summed E-state index contributed by atoms with van der Waals surface area (Å²) < 4.78 is 32.6. The standard InChI is InChI=1S/C17H16ClN3O3S/c1-12-6-2-3-7-13(12)17-21-20-16(24-17)10-11-19-25(22,23)15-9-5-4-8-14(15)18/h2-9,19H,10-11H2,1H3. The van der Waals surface area contributed by atoms with Crippen LogP contribution in [-0.2, 0) is 16.4 Å². The zero-order valence-electron chi connectivity index (χ0n) is 13.4. The molecule has 0 saturated heterocycles. The number of nitrogens with zero attached hydrogens (tertiary/aromatic N) is 2. The van der Waals surface area contributed by atoms with Crippen molar-refractivity contribution in [2.45, 2.75) is 18.2 Å². The molecule has 130 valence electrons. The summed E-state index contributed by atoms with van der Waals surface area (Å²) in [5.74, 6) is 0.780. The van der Waals surface area contributed by atoms with Crippen LogP contribution in [0.25, 0.3) is 11.5 Å². The number of nitrogens with one attached hydrogen (secondary N) is 1. The van der Waals surface area contributed by atoms with E-state index in [0.29, 0.717) is 11.8 Å². The highest BCUT2D eigenvalue weighted by molar-refractivity contribution is 7.89. The number of sulfonamides is 1. The largest absolute Gasteiger partial charge is 0.421 e. The van der Waals surface area contributed by atoms with Crippen LogP contribution >= 0.6 is 11.6 Å². The van der Waals surface area contributed by atoms with Crippen molar-refractivity contribution in [2.75, 3.05) is 6.54 Å². The molecular formula is C17H16ClN3O3S. The van der Waals surface area contributed by atoms with Crippen LogP contribution in [0, 0.1) is 6.92 Å². The van der Waals surface area contributed by atoms with E-state index in [1.807, 2.05) is 31.2 Å². The minimum absolute atomic E-state index is 0.0443. The smallest absolute Gasteiger partial charge is 0.247 e. The number of hydrogen-bond acceptors (Lipinski definition) is 5.